The molecule has 11 rings (SSSR count). The molecule has 10 aromatic rings. The Morgan fingerprint density at radius 3 is 1.79 bits per heavy atom. The standard InChI is InChI=1S/C55H39NS/c1-55(2)51-22-7-5-16-47(51)49-20-10-18-45(53(49)55)37-26-30-42(31-27-37)56(44-15-9-14-40(35-44)41-25-24-36-12-3-4-13-39(36)34-41)43-32-28-38(29-33-43)46-19-11-21-50-48-17-6-8-23-52(48)57-54(46)50/h3-35H,1-2H3. The van der Waals surface area contributed by atoms with Crippen molar-refractivity contribution in [2.45, 2.75) is 19.3 Å². The highest BCUT2D eigenvalue weighted by atomic mass is 32.1. The summed E-state index contributed by atoms with van der Waals surface area (Å²) in [5, 5.41) is 5.14. The van der Waals surface area contributed by atoms with Crippen LogP contribution < -0.4 is 4.90 Å². The quantitative estimate of drug-likeness (QED) is 0.164. The minimum Gasteiger partial charge on any atom is -0.310 e. The highest BCUT2D eigenvalue weighted by Gasteiger charge is 2.37. The van der Waals surface area contributed by atoms with Gasteiger partial charge in [-0.3, -0.25) is 0 Å². The van der Waals surface area contributed by atoms with Gasteiger partial charge < -0.3 is 4.90 Å². The number of thiophene rings is 1. The summed E-state index contributed by atoms with van der Waals surface area (Å²) < 4.78 is 2.66. The lowest BCUT2D eigenvalue weighted by molar-refractivity contribution is 0.662. The Labute approximate surface area is 337 Å². The van der Waals surface area contributed by atoms with Gasteiger partial charge in [-0.2, -0.15) is 0 Å². The molecule has 1 aromatic heterocycles. The largest absolute Gasteiger partial charge is 0.310 e. The molecule has 0 N–H and O–H groups in total. The molecule has 9 aromatic carbocycles. The first-order valence-corrected chi connectivity index (χ1v) is 20.6. The van der Waals surface area contributed by atoms with E-state index in [-0.39, 0.29) is 5.41 Å². The van der Waals surface area contributed by atoms with Gasteiger partial charge in [0.2, 0.25) is 0 Å². The summed E-state index contributed by atoms with van der Waals surface area (Å²) in [5.41, 5.74) is 16.2. The number of hydrogen-bond donors (Lipinski definition) is 0. The van der Waals surface area contributed by atoms with Gasteiger partial charge in [0.1, 0.15) is 0 Å². The maximum atomic E-state index is 2.40. The summed E-state index contributed by atoms with van der Waals surface area (Å²) in [5.74, 6) is 0. The fourth-order valence-electron chi connectivity index (χ4n) is 9.28. The lowest BCUT2D eigenvalue weighted by Gasteiger charge is -2.27. The Morgan fingerprint density at radius 2 is 0.965 bits per heavy atom. The van der Waals surface area contributed by atoms with Crippen LogP contribution >= 0.6 is 11.3 Å². The van der Waals surface area contributed by atoms with E-state index in [0.29, 0.717) is 0 Å². The molecule has 0 fully saturated rings. The first-order chi connectivity index (χ1) is 28.0. The summed E-state index contributed by atoms with van der Waals surface area (Å²) in [6.07, 6.45) is 0. The van der Waals surface area contributed by atoms with Gasteiger partial charge >= 0.3 is 0 Å². The monoisotopic (exact) mass is 745 g/mol. The van der Waals surface area contributed by atoms with Crippen LogP contribution in [0.3, 0.4) is 0 Å². The Morgan fingerprint density at radius 1 is 0.386 bits per heavy atom. The van der Waals surface area contributed by atoms with Crippen molar-refractivity contribution < 1.29 is 0 Å². The second-order valence-corrected chi connectivity index (χ2v) is 16.8. The van der Waals surface area contributed by atoms with Crippen LogP contribution in [-0.2, 0) is 5.41 Å². The minimum absolute atomic E-state index is 0.0850. The summed E-state index contributed by atoms with van der Waals surface area (Å²) in [6.45, 7) is 4.73. The normalized spacial score (nSPS) is 12.9. The van der Waals surface area contributed by atoms with Crippen LogP contribution in [0.1, 0.15) is 25.0 Å². The Hall–Kier alpha value is -6.74. The second-order valence-electron chi connectivity index (χ2n) is 15.7. The molecule has 1 nitrogen and oxygen atoms in total. The molecule has 0 amide bonds. The summed E-state index contributed by atoms with van der Waals surface area (Å²) in [4.78, 5) is 2.40. The molecule has 1 aliphatic rings. The average molecular weight is 746 g/mol. The lowest BCUT2D eigenvalue weighted by atomic mass is 9.79. The van der Waals surface area contributed by atoms with Crippen molar-refractivity contribution in [1.82, 2.24) is 0 Å². The predicted octanol–water partition coefficient (Wildman–Crippen LogP) is 16.0. The van der Waals surface area contributed by atoms with E-state index in [1.807, 2.05) is 11.3 Å². The molecule has 1 heterocycles. The zero-order valence-corrected chi connectivity index (χ0v) is 32.7. The van der Waals surface area contributed by atoms with E-state index in [2.05, 4.69) is 219 Å². The molecular weight excluding hydrogens is 707 g/mol. The van der Waals surface area contributed by atoms with Gasteiger partial charge in [-0.05, 0) is 115 Å². The van der Waals surface area contributed by atoms with Gasteiger partial charge in [0.15, 0.2) is 0 Å². The van der Waals surface area contributed by atoms with Crippen molar-refractivity contribution in [2.75, 3.05) is 4.90 Å². The van der Waals surface area contributed by atoms with Crippen LogP contribution in [-0.4, -0.2) is 0 Å². The third kappa shape index (κ3) is 5.51. The lowest BCUT2D eigenvalue weighted by Crippen LogP contribution is -2.16. The fourth-order valence-corrected chi connectivity index (χ4v) is 10.5. The van der Waals surface area contributed by atoms with E-state index >= 15 is 0 Å². The summed E-state index contributed by atoms with van der Waals surface area (Å²) >= 11 is 1.88. The van der Waals surface area contributed by atoms with Crippen LogP contribution in [0.25, 0.3) is 75.5 Å². The van der Waals surface area contributed by atoms with Gasteiger partial charge in [0, 0.05) is 42.6 Å². The predicted molar refractivity (Wildman–Crippen MR) is 245 cm³/mol. The molecule has 0 radical (unpaired) electrons. The molecule has 0 atom stereocenters. The van der Waals surface area contributed by atoms with Crippen molar-refractivity contribution in [3.63, 3.8) is 0 Å². The Bertz CT molecular complexity index is 3150. The molecule has 2 heteroatoms. The van der Waals surface area contributed by atoms with Crippen molar-refractivity contribution in [2.24, 2.45) is 0 Å². The zero-order chi connectivity index (χ0) is 38.1. The molecule has 270 valence electrons. The fraction of sp³-hybridized carbons (Fsp3) is 0.0545. The van der Waals surface area contributed by atoms with Crippen LogP contribution in [0.5, 0.6) is 0 Å². The third-order valence-electron chi connectivity index (χ3n) is 12.0. The van der Waals surface area contributed by atoms with Crippen LogP contribution in [0.2, 0.25) is 0 Å². The van der Waals surface area contributed by atoms with E-state index in [0.717, 1.165) is 17.1 Å². The molecule has 0 unspecified atom stereocenters. The van der Waals surface area contributed by atoms with E-state index in [1.165, 1.54) is 86.6 Å². The maximum Gasteiger partial charge on any atom is 0.0467 e. The van der Waals surface area contributed by atoms with Crippen LogP contribution in [0, 0.1) is 0 Å². The smallest absolute Gasteiger partial charge is 0.0467 e. The molecule has 1 aliphatic carbocycles. The summed E-state index contributed by atoms with van der Waals surface area (Å²) in [6, 6.07) is 73.8. The van der Waals surface area contributed by atoms with Crippen molar-refractivity contribution in [3.8, 4) is 44.5 Å². The van der Waals surface area contributed by atoms with Crippen LogP contribution in [0.4, 0.5) is 17.1 Å². The molecule has 0 saturated heterocycles. The first kappa shape index (κ1) is 33.6. The second kappa shape index (κ2) is 13.2. The first-order valence-electron chi connectivity index (χ1n) is 19.8. The highest BCUT2D eigenvalue weighted by Crippen LogP contribution is 2.52. The van der Waals surface area contributed by atoms with Gasteiger partial charge in [-0.25, -0.2) is 0 Å². The molecule has 0 spiro atoms. The number of benzene rings is 9. The Balaban J connectivity index is 1.02. The average Bonchev–Trinajstić information content (AvgIpc) is 3.76. The number of rotatable bonds is 6. The van der Waals surface area contributed by atoms with Crippen molar-refractivity contribution in [3.05, 3.63) is 211 Å². The van der Waals surface area contributed by atoms with E-state index in [9.17, 15) is 0 Å². The Kier molecular flexibility index (Phi) is 7.77. The van der Waals surface area contributed by atoms with Gasteiger partial charge in [-0.1, -0.05) is 166 Å². The number of nitrogens with zero attached hydrogens (tertiary/aromatic N) is 1. The van der Waals surface area contributed by atoms with Crippen molar-refractivity contribution >= 4 is 59.3 Å². The molecule has 0 bridgehead atoms. The number of anilines is 3. The topological polar surface area (TPSA) is 3.24 Å². The number of hydrogen-bond acceptors (Lipinski definition) is 2. The van der Waals surface area contributed by atoms with E-state index < -0.39 is 0 Å². The molecule has 0 saturated carbocycles. The minimum atomic E-state index is -0.0850. The molecule has 57 heavy (non-hydrogen) atoms. The SMILES string of the molecule is CC1(C)c2ccccc2-c2cccc(-c3ccc(N(c4ccc(-c5cccc6c5sc5ccccc56)cc4)c4cccc(-c5ccc6ccccc6c5)c4)cc3)c21. The van der Waals surface area contributed by atoms with Crippen LogP contribution in [0.15, 0.2) is 200 Å². The highest BCUT2D eigenvalue weighted by molar-refractivity contribution is 7.26. The maximum absolute atomic E-state index is 2.40. The zero-order valence-electron chi connectivity index (χ0n) is 31.9. The summed E-state index contributed by atoms with van der Waals surface area (Å²) in [7, 11) is 0. The third-order valence-corrected chi connectivity index (χ3v) is 13.3. The molecule has 0 aliphatic heterocycles. The molecular formula is C55H39NS. The van der Waals surface area contributed by atoms with Crippen molar-refractivity contribution in [1.29, 1.82) is 0 Å². The van der Waals surface area contributed by atoms with E-state index in [4.69, 9.17) is 0 Å². The number of fused-ring (bicyclic) bond motifs is 7. The van der Waals surface area contributed by atoms with Gasteiger partial charge in [-0.15, -0.1) is 11.3 Å². The van der Waals surface area contributed by atoms with Gasteiger partial charge in [0.25, 0.3) is 0 Å². The van der Waals surface area contributed by atoms with Gasteiger partial charge in [0.05, 0.1) is 0 Å². The van der Waals surface area contributed by atoms with E-state index in [1.54, 1.807) is 0 Å².